The lowest BCUT2D eigenvalue weighted by atomic mass is 9.98. The smallest absolute Gasteiger partial charge is 0.249 e. The van der Waals surface area contributed by atoms with E-state index in [2.05, 4.69) is 55.6 Å². The summed E-state index contributed by atoms with van der Waals surface area (Å²) in [6, 6.07) is -1.19. The molecule has 1 aliphatic heterocycles. The monoisotopic (exact) mass is 1050 g/mol. The summed E-state index contributed by atoms with van der Waals surface area (Å²) in [7, 11) is 0. The van der Waals surface area contributed by atoms with E-state index < -0.39 is 74.2 Å². The molecule has 0 aromatic heterocycles. The zero-order valence-corrected chi connectivity index (χ0v) is 47.8. The fourth-order valence-corrected chi connectivity index (χ4v) is 10.0. The number of ether oxygens (including phenoxy) is 2. The Balaban J connectivity index is 2.30. The summed E-state index contributed by atoms with van der Waals surface area (Å²) in [4.78, 5) is 13.2. The van der Waals surface area contributed by atoms with Crippen LogP contribution >= 0.6 is 0 Å². The van der Waals surface area contributed by atoms with Crippen molar-refractivity contribution in [3.05, 3.63) is 36.5 Å². The lowest BCUT2D eigenvalue weighted by Crippen LogP contribution is -2.60. The number of nitrogens with one attached hydrogen (secondary N) is 1. The van der Waals surface area contributed by atoms with E-state index in [1.165, 1.54) is 205 Å². The van der Waals surface area contributed by atoms with Crippen molar-refractivity contribution in [3.8, 4) is 0 Å². The van der Waals surface area contributed by atoms with E-state index in [0.717, 1.165) is 38.5 Å². The van der Waals surface area contributed by atoms with Crippen LogP contribution in [0.3, 0.4) is 0 Å². The number of rotatable bonds is 54. The number of unbranched alkanes of at least 4 members (excludes halogenated alkanes) is 36. The Morgan fingerprint density at radius 3 is 1.20 bits per heavy atom. The van der Waals surface area contributed by atoms with Gasteiger partial charge in [0.25, 0.3) is 0 Å². The molecule has 0 aromatic carbocycles. The van der Waals surface area contributed by atoms with Crippen LogP contribution in [-0.2, 0) is 14.3 Å². The van der Waals surface area contributed by atoms with E-state index in [-0.39, 0.29) is 12.8 Å². The Hall–Kier alpha value is -1.67. The molecule has 8 N–H and O–H groups in total. The molecule has 436 valence electrons. The Labute approximate surface area is 454 Å². The molecule has 9 atom stereocenters. The Bertz CT molecular complexity index is 1300. The van der Waals surface area contributed by atoms with E-state index >= 15 is 0 Å². The second-order valence-electron chi connectivity index (χ2n) is 22.1. The SMILES string of the molecule is CCCCCCCCCCCCCC/C=C\CCCCCCCCCCCC(O)C(=O)NC(COC1OC(CO)C(O)C(O)C1O)C(O)C(O)CCC/C=C/CC/C=C/CCCCCCCCCCCCCCC. The predicted molar refractivity (Wildman–Crippen MR) is 307 cm³/mol. The van der Waals surface area contributed by atoms with Crippen LogP contribution in [0.25, 0.3) is 0 Å². The minimum Gasteiger partial charge on any atom is -0.394 e. The molecule has 0 saturated carbocycles. The standard InChI is InChI=1S/C63H119NO10/c1-3-5-7-9-11-13-15-17-19-21-23-25-27-28-29-31-33-35-37-39-41-43-45-47-49-51-56(67)62(72)64-54(53-73-63-61(71)60(70)59(69)57(52-65)74-63)58(68)55(66)50-48-46-44-42-40-38-36-34-32-30-26-24-22-20-18-16-14-12-10-8-6-4-2/h28-29,34,36,42,44,54-61,63,65-71H,3-27,30-33,35,37-41,43,45-53H2,1-2H3,(H,64,72)/b29-28-,36-34+,44-42+. The lowest BCUT2D eigenvalue weighted by molar-refractivity contribution is -0.303. The van der Waals surface area contributed by atoms with Crippen LogP contribution in [0, 0.1) is 0 Å². The maximum absolute atomic E-state index is 13.2. The number of amides is 1. The molecule has 0 spiro atoms. The maximum atomic E-state index is 13.2. The molecule has 0 radical (unpaired) electrons. The first kappa shape index (κ1) is 70.3. The van der Waals surface area contributed by atoms with Crippen LogP contribution in [0.5, 0.6) is 0 Å². The summed E-state index contributed by atoms with van der Waals surface area (Å²) in [5.74, 6) is -0.709. The minimum absolute atomic E-state index is 0.246. The first-order chi connectivity index (χ1) is 36.2. The van der Waals surface area contributed by atoms with Gasteiger partial charge in [-0.1, -0.05) is 249 Å². The van der Waals surface area contributed by atoms with Crippen molar-refractivity contribution in [1.29, 1.82) is 0 Å². The summed E-state index contributed by atoms with van der Waals surface area (Å²) >= 11 is 0. The highest BCUT2D eigenvalue weighted by molar-refractivity contribution is 5.80. The molecule has 0 aliphatic carbocycles. The molecule has 1 amide bonds. The van der Waals surface area contributed by atoms with Gasteiger partial charge in [0, 0.05) is 0 Å². The van der Waals surface area contributed by atoms with Crippen molar-refractivity contribution in [1.82, 2.24) is 5.32 Å². The molecule has 1 rings (SSSR count). The first-order valence-corrected chi connectivity index (χ1v) is 31.4. The molecule has 1 heterocycles. The zero-order valence-electron chi connectivity index (χ0n) is 47.8. The molecule has 1 fully saturated rings. The quantitative estimate of drug-likeness (QED) is 0.0215. The highest BCUT2D eigenvalue weighted by Gasteiger charge is 2.44. The fraction of sp³-hybridized carbons (Fsp3) is 0.889. The van der Waals surface area contributed by atoms with Crippen molar-refractivity contribution < 1.29 is 50.0 Å². The van der Waals surface area contributed by atoms with Gasteiger partial charge in [0.15, 0.2) is 6.29 Å². The number of aliphatic hydroxyl groups is 7. The van der Waals surface area contributed by atoms with E-state index in [1.54, 1.807) is 0 Å². The van der Waals surface area contributed by atoms with Crippen molar-refractivity contribution in [3.63, 3.8) is 0 Å². The lowest BCUT2D eigenvalue weighted by Gasteiger charge is -2.40. The zero-order chi connectivity index (χ0) is 54.0. The van der Waals surface area contributed by atoms with E-state index in [4.69, 9.17) is 9.47 Å². The summed E-state index contributed by atoms with van der Waals surface area (Å²) in [5, 5.41) is 76.2. The van der Waals surface area contributed by atoms with Crippen molar-refractivity contribution in [2.24, 2.45) is 0 Å². The van der Waals surface area contributed by atoms with Crippen LogP contribution in [0.2, 0.25) is 0 Å². The number of aliphatic hydroxyl groups excluding tert-OH is 7. The van der Waals surface area contributed by atoms with Gasteiger partial charge in [-0.2, -0.15) is 0 Å². The second-order valence-corrected chi connectivity index (χ2v) is 22.1. The number of hydrogen-bond acceptors (Lipinski definition) is 10. The average molecular weight is 1050 g/mol. The van der Waals surface area contributed by atoms with Gasteiger partial charge < -0.3 is 50.5 Å². The maximum Gasteiger partial charge on any atom is 0.249 e. The van der Waals surface area contributed by atoms with Gasteiger partial charge in [-0.15, -0.1) is 0 Å². The molecule has 1 saturated heterocycles. The molecule has 0 bridgehead atoms. The van der Waals surface area contributed by atoms with Crippen LogP contribution in [0.1, 0.15) is 290 Å². The average Bonchev–Trinajstić information content (AvgIpc) is 3.40. The van der Waals surface area contributed by atoms with Crippen LogP contribution in [-0.4, -0.2) is 110 Å². The largest absolute Gasteiger partial charge is 0.394 e. The summed E-state index contributed by atoms with van der Waals surface area (Å²) in [5.41, 5.74) is 0. The number of carbonyl (C=O) groups is 1. The highest BCUT2D eigenvalue weighted by atomic mass is 16.7. The van der Waals surface area contributed by atoms with Gasteiger partial charge in [-0.05, 0) is 77.0 Å². The van der Waals surface area contributed by atoms with Crippen molar-refractivity contribution in [2.75, 3.05) is 13.2 Å². The van der Waals surface area contributed by atoms with Gasteiger partial charge in [0.05, 0.1) is 25.4 Å². The normalized spacial score (nSPS) is 20.0. The third-order valence-electron chi connectivity index (χ3n) is 15.1. The molecular formula is C63H119NO10. The second kappa shape index (κ2) is 52.1. The van der Waals surface area contributed by atoms with Crippen molar-refractivity contribution in [2.45, 2.75) is 345 Å². The fourth-order valence-electron chi connectivity index (χ4n) is 10.0. The Morgan fingerprint density at radius 2 is 0.811 bits per heavy atom. The van der Waals surface area contributed by atoms with Crippen LogP contribution in [0.4, 0.5) is 0 Å². The highest BCUT2D eigenvalue weighted by Crippen LogP contribution is 2.23. The van der Waals surface area contributed by atoms with Crippen LogP contribution < -0.4 is 5.32 Å². The minimum atomic E-state index is -1.67. The van der Waals surface area contributed by atoms with Crippen molar-refractivity contribution >= 4 is 5.91 Å². The third kappa shape index (κ3) is 39.7. The summed E-state index contributed by atoms with van der Waals surface area (Å²) < 4.78 is 11.1. The van der Waals surface area contributed by atoms with Gasteiger partial charge in [-0.3, -0.25) is 4.79 Å². The van der Waals surface area contributed by atoms with Gasteiger partial charge in [0.1, 0.15) is 36.6 Å². The van der Waals surface area contributed by atoms with E-state index in [9.17, 15) is 40.5 Å². The molecule has 1 aliphatic rings. The molecule has 9 unspecified atom stereocenters. The molecule has 74 heavy (non-hydrogen) atoms. The van der Waals surface area contributed by atoms with Gasteiger partial charge in [-0.25, -0.2) is 0 Å². The first-order valence-electron chi connectivity index (χ1n) is 31.4. The third-order valence-corrected chi connectivity index (χ3v) is 15.1. The Kier molecular flexibility index (Phi) is 49.5. The predicted octanol–water partition coefficient (Wildman–Crippen LogP) is 13.9. The molecule has 11 heteroatoms. The van der Waals surface area contributed by atoms with Gasteiger partial charge >= 0.3 is 0 Å². The van der Waals surface area contributed by atoms with Gasteiger partial charge in [0.2, 0.25) is 5.91 Å². The topological polar surface area (TPSA) is 189 Å². The van der Waals surface area contributed by atoms with E-state index in [1.807, 2.05) is 0 Å². The molecule has 0 aromatic rings. The number of allylic oxidation sites excluding steroid dienone is 6. The molecular weight excluding hydrogens is 931 g/mol. The molecule has 11 nitrogen and oxygen atoms in total. The summed E-state index contributed by atoms with van der Waals surface area (Å²) in [6.07, 6.45) is 53.5. The number of carbonyl (C=O) groups excluding carboxylic acids is 1. The Morgan fingerprint density at radius 1 is 0.459 bits per heavy atom. The summed E-state index contributed by atoms with van der Waals surface area (Å²) in [6.45, 7) is 3.47. The van der Waals surface area contributed by atoms with E-state index in [0.29, 0.717) is 19.3 Å². The number of hydrogen-bond donors (Lipinski definition) is 8. The van der Waals surface area contributed by atoms with Crippen LogP contribution in [0.15, 0.2) is 36.5 Å².